The zero-order valence-electron chi connectivity index (χ0n) is 12.9. The number of carboxylic acid groups (broad SMARTS) is 1. The predicted molar refractivity (Wildman–Crippen MR) is 79.7 cm³/mol. The van der Waals surface area contributed by atoms with Crippen molar-refractivity contribution < 1.29 is 28.6 Å². The standard InChI is InChI=1S/C16H20FNO5/c1-22-13-9-14(16(20)21)18(10-13)15(19)6-3-7-23-12-5-2-4-11(17)8-12/h2,4-5,8,13-14H,3,6-7,9-10H2,1H3,(H,20,21). The summed E-state index contributed by atoms with van der Waals surface area (Å²) in [5.74, 6) is -1.24. The number of halogens is 1. The summed E-state index contributed by atoms with van der Waals surface area (Å²) in [6.07, 6.45) is 0.659. The molecule has 0 aromatic heterocycles. The molecule has 126 valence electrons. The van der Waals surface area contributed by atoms with Crippen LogP contribution in [-0.4, -0.2) is 54.3 Å². The molecule has 1 heterocycles. The summed E-state index contributed by atoms with van der Waals surface area (Å²) in [4.78, 5) is 24.7. The average molecular weight is 325 g/mol. The predicted octanol–water partition coefficient (Wildman–Crippen LogP) is 1.69. The zero-order valence-corrected chi connectivity index (χ0v) is 12.9. The van der Waals surface area contributed by atoms with Crippen molar-refractivity contribution in [1.82, 2.24) is 4.90 Å². The first-order valence-corrected chi connectivity index (χ1v) is 7.44. The molecule has 1 N–H and O–H groups in total. The van der Waals surface area contributed by atoms with Gasteiger partial charge in [-0.25, -0.2) is 9.18 Å². The maximum absolute atomic E-state index is 13.0. The van der Waals surface area contributed by atoms with Gasteiger partial charge in [-0.1, -0.05) is 6.07 Å². The van der Waals surface area contributed by atoms with E-state index in [1.54, 1.807) is 12.1 Å². The molecule has 2 rings (SSSR count). The lowest BCUT2D eigenvalue weighted by atomic mass is 10.2. The van der Waals surface area contributed by atoms with Gasteiger partial charge in [0, 0.05) is 32.6 Å². The number of carbonyl (C=O) groups excluding carboxylic acids is 1. The normalized spacial score (nSPS) is 20.5. The Morgan fingerprint density at radius 1 is 1.43 bits per heavy atom. The third-order valence-corrected chi connectivity index (χ3v) is 3.80. The van der Waals surface area contributed by atoms with Crippen LogP contribution in [0.1, 0.15) is 19.3 Å². The lowest BCUT2D eigenvalue weighted by Crippen LogP contribution is -2.40. The van der Waals surface area contributed by atoms with E-state index in [4.69, 9.17) is 9.47 Å². The topological polar surface area (TPSA) is 76.1 Å². The molecule has 1 aliphatic rings. The number of aliphatic carboxylic acids is 1. The van der Waals surface area contributed by atoms with Crippen LogP contribution in [0.2, 0.25) is 0 Å². The second kappa shape index (κ2) is 7.92. The first-order chi connectivity index (χ1) is 11.0. The number of carboxylic acids is 1. The molecule has 1 aromatic carbocycles. The summed E-state index contributed by atoms with van der Waals surface area (Å²) in [7, 11) is 1.50. The molecule has 7 heteroatoms. The smallest absolute Gasteiger partial charge is 0.326 e. The third kappa shape index (κ3) is 4.66. The van der Waals surface area contributed by atoms with Crippen molar-refractivity contribution in [2.24, 2.45) is 0 Å². The van der Waals surface area contributed by atoms with Crippen LogP contribution in [-0.2, 0) is 14.3 Å². The summed E-state index contributed by atoms with van der Waals surface area (Å²) >= 11 is 0. The van der Waals surface area contributed by atoms with Gasteiger partial charge in [-0.2, -0.15) is 0 Å². The van der Waals surface area contributed by atoms with Gasteiger partial charge in [0.2, 0.25) is 5.91 Å². The van der Waals surface area contributed by atoms with Gasteiger partial charge in [0.25, 0.3) is 0 Å². The Labute approximate surface area is 133 Å². The van der Waals surface area contributed by atoms with E-state index in [2.05, 4.69) is 0 Å². The number of hydrogen-bond donors (Lipinski definition) is 1. The van der Waals surface area contributed by atoms with Crippen LogP contribution in [0.4, 0.5) is 4.39 Å². The molecule has 6 nitrogen and oxygen atoms in total. The van der Waals surface area contributed by atoms with E-state index in [1.807, 2.05) is 0 Å². The maximum Gasteiger partial charge on any atom is 0.326 e. The van der Waals surface area contributed by atoms with Crippen LogP contribution >= 0.6 is 0 Å². The summed E-state index contributed by atoms with van der Waals surface area (Å²) < 4.78 is 23.5. The molecule has 0 saturated carbocycles. The molecule has 0 bridgehead atoms. The summed E-state index contributed by atoms with van der Waals surface area (Å²) in [6, 6.07) is 4.93. The van der Waals surface area contributed by atoms with Gasteiger partial charge in [0.1, 0.15) is 17.6 Å². The number of carbonyl (C=O) groups is 2. The van der Waals surface area contributed by atoms with Gasteiger partial charge in [-0.15, -0.1) is 0 Å². The van der Waals surface area contributed by atoms with E-state index in [1.165, 1.54) is 24.1 Å². The van der Waals surface area contributed by atoms with Crippen molar-refractivity contribution in [3.63, 3.8) is 0 Å². The second-order valence-corrected chi connectivity index (χ2v) is 5.40. The number of ether oxygens (including phenoxy) is 2. The zero-order chi connectivity index (χ0) is 16.8. The van der Waals surface area contributed by atoms with Crippen LogP contribution in [0.15, 0.2) is 24.3 Å². The first-order valence-electron chi connectivity index (χ1n) is 7.44. The molecule has 0 radical (unpaired) electrons. The van der Waals surface area contributed by atoms with Crippen molar-refractivity contribution in [3.05, 3.63) is 30.1 Å². The third-order valence-electron chi connectivity index (χ3n) is 3.80. The van der Waals surface area contributed by atoms with Crippen molar-refractivity contribution in [1.29, 1.82) is 0 Å². The van der Waals surface area contributed by atoms with E-state index in [0.29, 0.717) is 18.6 Å². The number of likely N-dealkylation sites (tertiary alicyclic amines) is 1. The summed E-state index contributed by atoms with van der Waals surface area (Å²) in [6.45, 7) is 0.547. The Morgan fingerprint density at radius 2 is 2.22 bits per heavy atom. The Kier molecular flexibility index (Phi) is 5.92. The molecule has 0 aliphatic carbocycles. The van der Waals surface area contributed by atoms with Crippen molar-refractivity contribution in [2.45, 2.75) is 31.4 Å². The highest BCUT2D eigenvalue weighted by molar-refractivity contribution is 5.84. The first kappa shape index (κ1) is 17.2. The quantitative estimate of drug-likeness (QED) is 0.772. The largest absolute Gasteiger partial charge is 0.493 e. The molecule has 1 fully saturated rings. The average Bonchev–Trinajstić information content (AvgIpc) is 2.96. The lowest BCUT2D eigenvalue weighted by Gasteiger charge is -2.21. The van der Waals surface area contributed by atoms with Crippen LogP contribution in [0.3, 0.4) is 0 Å². The van der Waals surface area contributed by atoms with Gasteiger partial charge >= 0.3 is 5.97 Å². The van der Waals surface area contributed by atoms with E-state index in [0.717, 1.165) is 0 Å². The maximum atomic E-state index is 13.0. The molecule has 0 spiro atoms. The van der Waals surface area contributed by atoms with E-state index in [9.17, 15) is 19.1 Å². The van der Waals surface area contributed by atoms with Gasteiger partial charge in [0.05, 0.1) is 12.7 Å². The minimum absolute atomic E-state index is 0.176. The SMILES string of the molecule is COC1CC(C(=O)O)N(C(=O)CCCOc2cccc(F)c2)C1. The van der Waals surface area contributed by atoms with Gasteiger partial charge < -0.3 is 19.5 Å². The summed E-state index contributed by atoms with van der Waals surface area (Å²) in [5.41, 5.74) is 0. The Balaban J connectivity index is 1.78. The molecule has 2 atom stereocenters. The second-order valence-electron chi connectivity index (χ2n) is 5.40. The van der Waals surface area contributed by atoms with Gasteiger partial charge in [-0.05, 0) is 18.6 Å². The number of methoxy groups -OCH3 is 1. The minimum atomic E-state index is -1.02. The number of benzene rings is 1. The van der Waals surface area contributed by atoms with Gasteiger partial charge in [-0.3, -0.25) is 4.79 Å². The molecule has 23 heavy (non-hydrogen) atoms. The molecular weight excluding hydrogens is 305 g/mol. The van der Waals surface area contributed by atoms with Crippen LogP contribution < -0.4 is 4.74 Å². The number of amides is 1. The minimum Gasteiger partial charge on any atom is -0.493 e. The highest BCUT2D eigenvalue weighted by atomic mass is 19.1. The van der Waals surface area contributed by atoms with Crippen molar-refractivity contribution in [2.75, 3.05) is 20.3 Å². The molecular formula is C16H20FNO5. The van der Waals surface area contributed by atoms with Gasteiger partial charge in [0.15, 0.2) is 0 Å². The van der Waals surface area contributed by atoms with E-state index < -0.39 is 12.0 Å². The number of nitrogens with zero attached hydrogens (tertiary/aromatic N) is 1. The van der Waals surface area contributed by atoms with Crippen molar-refractivity contribution in [3.8, 4) is 5.75 Å². The molecule has 1 amide bonds. The van der Waals surface area contributed by atoms with Crippen LogP contribution in [0, 0.1) is 5.82 Å². The highest BCUT2D eigenvalue weighted by Gasteiger charge is 2.39. The van der Waals surface area contributed by atoms with Crippen LogP contribution in [0.25, 0.3) is 0 Å². The Bertz CT molecular complexity index is 565. The fourth-order valence-electron chi connectivity index (χ4n) is 2.59. The lowest BCUT2D eigenvalue weighted by molar-refractivity contribution is -0.148. The molecule has 2 unspecified atom stereocenters. The fraction of sp³-hybridized carbons (Fsp3) is 0.500. The monoisotopic (exact) mass is 325 g/mol. The van der Waals surface area contributed by atoms with E-state index >= 15 is 0 Å². The van der Waals surface area contributed by atoms with Crippen molar-refractivity contribution >= 4 is 11.9 Å². The number of rotatable bonds is 7. The van der Waals surface area contributed by atoms with E-state index in [-0.39, 0.29) is 37.4 Å². The highest BCUT2D eigenvalue weighted by Crippen LogP contribution is 2.21. The fourth-order valence-corrected chi connectivity index (χ4v) is 2.59. The van der Waals surface area contributed by atoms with Crippen LogP contribution in [0.5, 0.6) is 5.75 Å². The molecule has 1 saturated heterocycles. The molecule has 1 aromatic rings. The Hall–Kier alpha value is -2.15. The molecule has 1 aliphatic heterocycles. The summed E-state index contributed by atoms with van der Waals surface area (Å²) in [5, 5.41) is 9.18. The Morgan fingerprint density at radius 3 is 2.87 bits per heavy atom. The number of hydrogen-bond acceptors (Lipinski definition) is 4.